The molecule has 3 heteroatoms. The molecule has 0 spiro atoms. The van der Waals surface area contributed by atoms with E-state index in [2.05, 4.69) is 67.0 Å². The van der Waals surface area contributed by atoms with Gasteiger partial charge in [0.05, 0.1) is 0 Å². The summed E-state index contributed by atoms with van der Waals surface area (Å²) in [4.78, 5) is 2.18. The van der Waals surface area contributed by atoms with Crippen molar-refractivity contribution in [2.45, 2.75) is 31.8 Å². The summed E-state index contributed by atoms with van der Waals surface area (Å²) in [5.41, 5.74) is 7.55. The number of nitrogens with zero attached hydrogens (tertiary/aromatic N) is 1. The molecular weight excluding hydrogens is 264 g/mol. The second-order valence-corrected chi connectivity index (χ2v) is 5.80. The highest BCUT2D eigenvalue weighted by Gasteiger charge is 2.28. The molecule has 0 saturated carbocycles. The highest BCUT2D eigenvalue weighted by molar-refractivity contribution is 9.10. The number of hydrogen-bond acceptors (Lipinski definition) is 2. The van der Waals surface area contributed by atoms with Crippen LogP contribution in [0.15, 0.2) is 28.7 Å². The summed E-state index contributed by atoms with van der Waals surface area (Å²) in [5.74, 6) is 0. The zero-order chi connectivity index (χ0) is 12.3. The van der Waals surface area contributed by atoms with Crippen molar-refractivity contribution >= 4 is 15.9 Å². The van der Waals surface area contributed by atoms with Crippen molar-refractivity contribution in [3.63, 3.8) is 0 Å². The molecule has 90 valence electrons. The number of likely N-dealkylation sites (N-methyl/N-ethyl adjacent to an activating group) is 1. The Kier molecular flexibility index (Phi) is 4.53. The molecule has 2 nitrogen and oxygen atoms in total. The zero-order valence-electron chi connectivity index (χ0n) is 10.5. The highest BCUT2D eigenvalue weighted by Crippen LogP contribution is 2.22. The third-order valence-electron chi connectivity index (χ3n) is 3.46. The minimum absolute atomic E-state index is 0.00468. The first-order chi connectivity index (χ1) is 7.35. The Labute approximate surface area is 107 Å². The third kappa shape index (κ3) is 3.06. The van der Waals surface area contributed by atoms with Crippen molar-refractivity contribution in [2.24, 2.45) is 5.73 Å². The SMILES string of the molecule is CN(C)C(C)(C)C(N)Cc1ccccc1Br. The summed E-state index contributed by atoms with van der Waals surface area (Å²) in [6, 6.07) is 8.37. The molecule has 0 aromatic heterocycles. The van der Waals surface area contributed by atoms with Gasteiger partial charge in [0.15, 0.2) is 0 Å². The van der Waals surface area contributed by atoms with Crippen molar-refractivity contribution in [2.75, 3.05) is 14.1 Å². The van der Waals surface area contributed by atoms with Crippen LogP contribution in [-0.2, 0) is 6.42 Å². The van der Waals surface area contributed by atoms with Gasteiger partial charge in [-0.2, -0.15) is 0 Å². The standard InChI is InChI=1S/C13H21BrN2/c1-13(2,16(3)4)12(15)9-10-7-5-6-8-11(10)14/h5-8,12H,9,15H2,1-4H3. The molecule has 0 bridgehead atoms. The van der Waals surface area contributed by atoms with Gasteiger partial charge in [0, 0.05) is 16.1 Å². The Balaban J connectivity index is 2.79. The fourth-order valence-corrected chi connectivity index (χ4v) is 1.93. The molecule has 1 aromatic rings. The largest absolute Gasteiger partial charge is 0.326 e. The first-order valence-electron chi connectivity index (χ1n) is 5.52. The Hall–Kier alpha value is -0.380. The molecule has 16 heavy (non-hydrogen) atoms. The second kappa shape index (κ2) is 5.30. The van der Waals surface area contributed by atoms with Crippen molar-refractivity contribution < 1.29 is 0 Å². The fraction of sp³-hybridized carbons (Fsp3) is 0.538. The quantitative estimate of drug-likeness (QED) is 0.921. The van der Waals surface area contributed by atoms with Gasteiger partial charge in [-0.05, 0) is 46.0 Å². The minimum Gasteiger partial charge on any atom is -0.326 e. The van der Waals surface area contributed by atoms with E-state index in [1.807, 2.05) is 6.07 Å². The van der Waals surface area contributed by atoms with Crippen LogP contribution in [0.25, 0.3) is 0 Å². The normalized spacial score (nSPS) is 14.2. The summed E-state index contributed by atoms with van der Waals surface area (Å²) in [7, 11) is 4.14. The summed E-state index contributed by atoms with van der Waals surface area (Å²) in [6.07, 6.45) is 0.882. The lowest BCUT2D eigenvalue weighted by molar-refractivity contribution is 0.158. The molecule has 0 aliphatic rings. The van der Waals surface area contributed by atoms with Crippen LogP contribution in [0.2, 0.25) is 0 Å². The molecule has 0 aliphatic carbocycles. The van der Waals surface area contributed by atoms with Crippen molar-refractivity contribution in [3.05, 3.63) is 34.3 Å². The van der Waals surface area contributed by atoms with Crippen molar-refractivity contribution in [1.29, 1.82) is 0 Å². The molecular formula is C13H21BrN2. The number of hydrogen-bond donors (Lipinski definition) is 1. The van der Waals surface area contributed by atoms with E-state index >= 15 is 0 Å². The van der Waals surface area contributed by atoms with E-state index in [4.69, 9.17) is 5.73 Å². The maximum Gasteiger partial charge on any atom is 0.0301 e. The molecule has 0 amide bonds. The monoisotopic (exact) mass is 284 g/mol. The van der Waals surface area contributed by atoms with Crippen LogP contribution < -0.4 is 5.73 Å². The van der Waals surface area contributed by atoms with Gasteiger partial charge in [0.25, 0.3) is 0 Å². The van der Waals surface area contributed by atoms with Gasteiger partial charge in [-0.3, -0.25) is 0 Å². The van der Waals surface area contributed by atoms with Crippen LogP contribution in [0.5, 0.6) is 0 Å². The number of rotatable bonds is 4. The lowest BCUT2D eigenvalue weighted by Gasteiger charge is -2.38. The first kappa shape index (κ1) is 13.7. The van der Waals surface area contributed by atoms with E-state index < -0.39 is 0 Å². The molecule has 1 rings (SSSR count). The molecule has 0 radical (unpaired) electrons. The van der Waals surface area contributed by atoms with Gasteiger partial charge in [-0.25, -0.2) is 0 Å². The van der Waals surface area contributed by atoms with E-state index in [1.54, 1.807) is 0 Å². The highest BCUT2D eigenvalue weighted by atomic mass is 79.9. The van der Waals surface area contributed by atoms with E-state index in [0.717, 1.165) is 10.9 Å². The molecule has 1 aromatic carbocycles. The minimum atomic E-state index is -0.00468. The smallest absolute Gasteiger partial charge is 0.0301 e. The number of halogens is 1. The molecule has 0 fully saturated rings. The van der Waals surface area contributed by atoms with Crippen molar-refractivity contribution in [3.8, 4) is 0 Å². The lowest BCUT2D eigenvalue weighted by atomic mass is 9.89. The topological polar surface area (TPSA) is 29.3 Å². The molecule has 1 unspecified atom stereocenters. The maximum absolute atomic E-state index is 6.29. The Morgan fingerprint density at radius 2 is 1.88 bits per heavy atom. The maximum atomic E-state index is 6.29. The van der Waals surface area contributed by atoms with Gasteiger partial charge in [0.1, 0.15) is 0 Å². The van der Waals surface area contributed by atoms with Crippen LogP contribution in [0, 0.1) is 0 Å². The van der Waals surface area contributed by atoms with Gasteiger partial charge in [-0.15, -0.1) is 0 Å². The van der Waals surface area contributed by atoms with Gasteiger partial charge < -0.3 is 10.6 Å². The van der Waals surface area contributed by atoms with Crippen molar-refractivity contribution in [1.82, 2.24) is 4.90 Å². The van der Waals surface area contributed by atoms with E-state index in [0.29, 0.717) is 0 Å². The zero-order valence-corrected chi connectivity index (χ0v) is 12.1. The predicted octanol–water partition coefficient (Wildman–Crippen LogP) is 2.66. The third-order valence-corrected chi connectivity index (χ3v) is 4.23. The Morgan fingerprint density at radius 1 is 1.31 bits per heavy atom. The van der Waals surface area contributed by atoms with Crippen LogP contribution in [0.4, 0.5) is 0 Å². The van der Waals surface area contributed by atoms with Crippen LogP contribution in [0.1, 0.15) is 19.4 Å². The molecule has 0 aliphatic heterocycles. The summed E-state index contributed by atoms with van der Waals surface area (Å²) in [5, 5.41) is 0. The molecule has 1 atom stereocenters. The average molecular weight is 285 g/mol. The lowest BCUT2D eigenvalue weighted by Crippen LogP contribution is -2.54. The van der Waals surface area contributed by atoms with E-state index in [9.17, 15) is 0 Å². The van der Waals surface area contributed by atoms with Crippen LogP contribution in [-0.4, -0.2) is 30.6 Å². The fourth-order valence-electron chi connectivity index (χ4n) is 1.48. The number of nitrogens with two attached hydrogens (primary N) is 1. The van der Waals surface area contributed by atoms with E-state index in [-0.39, 0.29) is 11.6 Å². The summed E-state index contributed by atoms with van der Waals surface area (Å²) in [6.45, 7) is 4.35. The Bertz CT molecular complexity index is 348. The summed E-state index contributed by atoms with van der Waals surface area (Å²) < 4.78 is 1.14. The molecule has 0 saturated heterocycles. The molecule has 2 N–H and O–H groups in total. The van der Waals surface area contributed by atoms with E-state index in [1.165, 1.54) is 5.56 Å². The van der Waals surface area contributed by atoms with Gasteiger partial charge >= 0.3 is 0 Å². The Morgan fingerprint density at radius 3 is 2.38 bits per heavy atom. The van der Waals surface area contributed by atoms with Gasteiger partial charge in [0.2, 0.25) is 0 Å². The second-order valence-electron chi connectivity index (χ2n) is 4.95. The van der Waals surface area contributed by atoms with Crippen LogP contribution in [0.3, 0.4) is 0 Å². The van der Waals surface area contributed by atoms with Crippen LogP contribution >= 0.6 is 15.9 Å². The molecule has 0 heterocycles. The first-order valence-corrected chi connectivity index (χ1v) is 6.31. The summed E-state index contributed by atoms with van der Waals surface area (Å²) >= 11 is 3.56. The number of benzene rings is 1. The average Bonchev–Trinajstić information content (AvgIpc) is 2.21. The van der Waals surface area contributed by atoms with Gasteiger partial charge in [-0.1, -0.05) is 34.1 Å². The predicted molar refractivity (Wildman–Crippen MR) is 73.6 cm³/mol.